The van der Waals surface area contributed by atoms with Gasteiger partial charge in [-0.15, -0.1) is 0 Å². The standard InChI is InChI=1S/C15H15N.C15H14/c1-15(2)13-6-4-3-5-11(13)12-8-7-10(16)9-14(12)15;1-10-7-8-14-13-6-4-3-5-12(13)9-15(14)11(10)2/h3-9H,16H2,1-2H3;3-8H,9H2,1-2H3. The van der Waals surface area contributed by atoms with Gasteiger partial charge in [0.1, 0.15) is 0 Å². The lowest BCUT2D eigenvalue weighted by atomic mass is 9.82. The molecule has 0 fully saturated rings. The summed E-state index contributed by atoms with van der Waals surface area (Å²) < 4.78 is 0. The van der Waals surface area contributed by atoms with Crippen molar-refractivity contribution in [3.05, 3.63) is 112 Å². The first-order chi connectivity index (χ1) is 14.9. The van der Waals surface area contributed by atoms with Crippen LogP contribution in [0.1, 0.15) is 47.2 Å². The highest BCUT2D eigenvalue weighted by Gasteiger charge is 2.34. The Bertz CT molecular complexity index is 1310. The van der Waals surface area contributed by atoms with Crippen molar-refractivity contribution in [2.45, 2.75) is 39.5 Å². The molecule has 2 N–H and O–H groups in total. The predicted octanol–water partition coefficient (Wildman–Crippen LogP) is 7.45. The quantitative estimate of drug-likeness (QED) is 0.267. The number of hydrogen-bond donors (Lipinski definition) is 1. The summed E-state index contributed by atoms with van der Waals surface area (Å²) in [5.74, 6) is 0. The molecule has 154 valence electrons. The Hall–Kier alpha value is -3.32. The van der Waals surface area contributed by atoms with Crippen molar-refractivity contribution in [3.8, 4) is 22.3 Å². The van der Waals surface area contributed by atoms with E-state index >= 15 is 0 Å². The monoisotopic (exact) mass is 403 g/mol. The maximum atomic E-state index is 5.89. The van der Waals surface area contributed by atoms with Crippen LogP contribution in [0.3, 0.4) is 0 Å². The minimum atomic E-state index is 0.0707. The van der Waals surface area contributed by atoms with Crippen LogP contribution < -0.4 is 5.73 Å². The molecule has 0 aromatic heterocycles. The molecule has 31 heavy (non-hydrogen) atoms. The molecule has 2 aliphatic rings. The molecule has 0 bridgehead atoms. The number of fused-ring (bicyclic) bond motifs is 6. The molecule has 0 heterocycles. The molecule has 1 heteroatoms. The van der Waals surface area contributed by atoms with E-state index < -0.39 is 0 Å². The van der Waals surface area contributed by atoms with Crippen LogP contribution in [0.25, 0.3) is 22.3 Å². The number of anilines is 1. The minimum absolute atomic E-state index is 0.0707. The van der Waals surface area contributed by atoms with E-state index in [0.29, 0.717) is 0 Å². The molecule has 0 amide bonds. The molecule has 6 rings (SSSR count). The Morgan fingerprint density at radius 1 is 0.677 bits per heavy atom. The van der Waals surface area contributed by atoms with Crippen LogP contribution in [0.15, 0.2) is 78.9 Å². The fraction of sp³-hybridized carbons (Fsp3) is 0.200. The maximum Gasteiger partial charge on any atom is 0.0317 e. The Labute approximate surface area is 185 Å². The smallest absolute Gasteiger partial charge is 0.0317 e. The maximum absolute atomic E-state index is 5.89. The first-order valence-corrected chi connectivity index (χ1v) is 11.0. The van der Waals surface area contributed by atoms with Gasteiger partial charge in [-0.05, 0) is 88.0 Å². The Kier molecular flexibility index (Phi) is 4.51. The third-order valence-corrected chi connectivity index (χ3v) is 7.15. The molecule has 0 unspecified atom stereocenters. The first-order valence-electron chi connectivity index (χ1n) is 11.0. The van der Waals surface area contributed by atoms with E-state index in [1.807, 2.05) is 6.07 Å². The lowest BCUT2D eigenvalue weighted by Gasteiger charge is -2.21. The van der Waals surface area contributed by atoms with Crippen LogP contribution in [0.4, 0.5) is 5.69 Å². The normalized spacial score (nSPS) is 14.1. The van der Waals surface area contributed by atoms with Crippen LogP contribution >= 0.6 is 0 Å². The highest BCUT2D eigenvalue weighted by atomic mass is 14.5. The van der Waals surface area contributed by atoms with E-state index in [1.165, 1.54) is 55.6 Å². The molecule has 0 saturated carbocycles. The van der Waals surface area contributed by atoms with Gasteiger partial charge in [0.2, 0.25) is 0 Å². The average molecular weight is 404 g/mol. The van der Waals surface area contributed by atoms with Crippen LogP contribution in [0, 0.1) is 13.8 Å². The zero-order valence-corrected chi connectivity index (χ0v) is 18.8. The number of rotatable bonds is 0. The van der Waals surface area contributed by atoms with Crippen molar-refractivity contribution >= 4 is 5.69 Å². The van der Waals surface area contributed by atoms with Gasteiger partial charge in [0.15, 0.2) is 0 Å². The van der Waals surface area contributed by atoms with Gasteiger partial charge in [0.05, 0.1) is 0 Å². The SMILES string of the molecule is CC1(C)c2ccccc2-c2ccc(N)cc21.Cc1ccc2c(c1C)Cc1ccccc1-2. The second-order valence-corrected chi connectivity index (χ2v) is 9.34. The van der Waals surface area contributed by atoms with Crippen molar-refractivity contribution < 1.29 is 0 Å². The summed E-state index contributed by atoms with van der Waals surface area (Å²) in [7, 11) is 0. The van der Waals surface area contributed by atoms with E-state index in [2.05, 4.69) is 100 Å². The van der Waals surface area contributed by atoms with E-state index in [0.717, 1.165) is 12.1 Å². The minimum Gasteiger partial charge on any atom is -0.399 e. The number of nitrogen functional groups attached to an aromatic ring is 1. The van der Waals surface area contributed by atoms with E-state index in [9.17, 15) is 0 Å². The van der Waals surface area contributed by atoms with E-state index in [1.54, 1.807) is 0 Å². The lowest BCUT2D eigenvalue weighted by molar-refractivity contribution is 0.660. The van der Waals surface area contributed by atoms with Crippen molar-refractivity contribution in [2.75, 3.05) is 5.73 Å². The van der Waals surface area contributed by atoms with E-state index in [4.69, 9.17) is 5.73 Å². The van der Waals surface area contributed by atoms with Gasteiger partial charge in [0.25, 0.3) is 0 Å². The summed E-state index contributed by atoms with van der Waals surface area (Å²) in [5, 5.41) is 0. The zero-order valence-electron chi connectivity index (χ0n) is 18.8. The molecule has 0 radical (unpaired) electrons. The fourth-order valence-electron chi connectivity index (χ4n) is 5.20. The van der Waals surface area contributed by atoms with Crippen molar-refractivity contribution in [2.24, 2.45) is 0 Å². The Balaban J connectivity index is 0.000000132. The van der Waals surface area contributed by atoms with Gasteiger partial charge in [-0.25, -0.2) is 0 Å². The van der Waals surface area contributed by atoms with Gasteiger partial charge < -0.3 is 5.73 Å². The average Bonchev–Trinajstić information content (AvgIpc) is 3.26. The van der Waals surface area contributed by atoms with Crippen molar-refractivity contribution in [3.63, 3.8) is 0 Å². The van der Waals surface area contributed by atoms with Gasteiger partial charge in [-0.3, -0.25) is 0 Å². The molecule has 4 aromatic rings. The molecule has 1 nitrogen and oxygen atoms in total. The second-order valence-electron chi connectivity index (χ2n) is 9.34. The number of hydrogen-bond acceptors (Lipinski definition) is 1. The van der Waals surface area contributed by atoms with Crippen LogP contribution in [0.5, 0.6) is 0 Å². The molecule has 0 spiro atoms. The summed E-state index contributed by atoms with van der Waals surface area (Å²) in [6, 6.07) is 28.1. The molecule has 2 aliphatic carbocycles. The summed E-state index contributed by atoms with van der Waals surface area (Å²) >= 11 is 0. The predicted molar refractivity (Wildman–Crippen MR) is 133 cm³/mol. The van der Waals surface area contributed by atoms with Crippen molar-refractivity contribution in [1.82, 2.24) is 0 Å². The van der Waals surface area contributed by atoms with Crippen LogP contribution in [-0.2, 0) is 11.8 Å². The summed E-state index contributed by atoms with van der Waals surface area (Å²) in [5.41, 5.74) is 21.0. The highest BCUT2D eigenvalue weighted by molar-refractivity contribution is 5.82. The Morgan fingerprint density at radius 3 is 2.13 bits per heavy atom. The van der Waals surface area contributed by atoms with Gasteiger partial charge in [0, 0.05) is 11.1 Å². The fourth-order valence-corrected chi connectivity index (χ4v) is 5.20. The molecular formula is C30H29N. The summed E-state index contributed by atoms with van der Waals surface area (Å²) in [6.45, 7) is 8.95. The zero-order chi connectivity index (χ0) is 21.8. The number of benzene rings is 4. The van der Waals surface area contributed by atoms with E-state index in [-0.39, 0.29) is 5.41 Å². The van der Waals surface area contributed by atoms with Gasteiger partial charge in [-0.2, -0.15) is 0 Å². The summed E-state index contributed by atoms with van der Waals surface area (Å²) in [6.07, 6.45) is 1.11. The molecule has 0 aliphatic heterocycles. The van der Waals surface area contributed by atoms with Crippen LogP contribution in [0.2, 0.25) is 0 Å². The third kappa shape index (κ3) is 3.08. The largest absolute Gasteiger partial charge is 0.399 e. The number of aryl methyl sites for hydroxylation is 1. The van der Waals surface area contributed by atoms with Gasteiger partial charge in [-0.1, -0.05) is 80.6 Å². The highest BCUT2D eigenvalue weighted by Crippen LogP contribution is 2.48. The second kappa shape index (κ2) is 7.13. The number of nitrogens with two attached hydrogens (primary N) is 1. The van der Waals surface area contributed by atoms with Crippen LogP contribution in [-0.4, -0.2) is 0 Å². The third-order valence-electron chi connectivity index (χ3n) is 7.15. The Morgan fingerprint density at radius 2 is 1.32 bits per heavy atom. The molecular weight excluding hydrogens is 374 g/mol. The topological polar surface area (TPSA) is 26.0 Å². The van der Waals surface area contributed by atoms with Gasteiger partial charge >= 0.3 is 0 Å². The molecule has 4 aromatic carbocycles. The van der Waals surface area contributed by atoms with Crippen molar-refractivity contribution in [1.29, 1.82) is 0 Å². The molecule has 0 atom stereocenters. The summed E-state index contributed by atoms with van der Waals surface area (Å²) in [4.78, 5) is 0. The molecule has 0 saturated heterocycles. The first kappa shape index (κ1) is 19.6. The lowest BCUT2D eigenvalue weighted by Crippen LogP contribution is -2.15.